The van der Waals surface area contributed by atoms with Crippen molar-refractivity contribution in [3.63, 3.8) is 0 Å². The van der Waals surface area contributed by atoms with Crippen molar-refractivity contribution in [1.82, 2.24) is 5.32 Å². The average Bonchev–Trinajstić information content (AvgIpc) is 2.25. The predicted molar refractivity (Wildman–Crippen MR) is 62.0 cm³/mol. The zero-order chi connectivity index (χ0) is 11.9. The van der Waals surface area contributed by atoms with Gasteiger partial charge in [0.25, 0.3) is 11.8 Å². The first-order chi connectivity index (χ1) is 7.50. The molecule has 3 heteroatoms. The highest BCUT2D eigenvalue weighted by Gasteiger charge is 2.25. The number of hydrogen-bond donors (Lipinski definition) is 1. The molecule has 0 aromatic heterocycles. The van der Waals surface area contributed by atoms with Gasteiger partial charge in [-0.05, 0) is 23.1 Å². The summed E-state index contributed by atoms with van der Waals surface area (Å²) < 4.78 is 0. The van der Waals surface area contributed by atoms with Crippen molar-refractivity contribution < 1.29 is 9.59 Å². The van der Waals surface area contributed by atoms with E-state index in [2.05, 4.69) is 25.7 Å². The largest absolute Gasteiger partial charge is 0.288 e. The number of imide groups is 1. The Morgan fingerprint density at radius 2 is 1.81 bits per heavy atom. The van der Waals surface area contributed by atoms with Crippen LogP contribution in [0.15, 0.2) is 24.8 Å². The quantitative estimate of drug-likeness (QED) is 0.576. The van der Waals surface area contributed by atoms with Gasteiger partial charge < -0.3 is 0 Å². The average molecular weight is 215 g/mol. The van der Waals surface area contributed by atoms with Crippen molar-refractivity contribution in [2.45, 2.75) is 19.8 Å². The molecule has 0 fully saturated rings. The Balaban J connectivity index is 2.59. The van der Waals surface area contributed by atoms with E-state index in [1.807, 2.05) is 12.1 Å². The minimum Gasteiger partial charge on any atom is -0.288 e. The monoisotopic (exact) mass is 215 g/mol. The van der Waals surface area contributed by atoms with Gasteiger partial charge in [0, 0.05) is 11.1 Å². The van der Waals surface area contributed by atoms with Crippen molar-refractivity contribution in [2.24, 2.45) is 0 Å². The van der Waals surface area contributed by atoms with Crippen molar-refractivity contribution in [3.8, 4) is 0 Å². The minimum absolute atomic E-state index is 0.338. The van der Waals surface area contributed by atoms with Crippen molar-refractivity contribution in [2.75, 3.05) is 0 Å². The van der Waals surface area contributed by atoms with E-state index in [-0.39, 0.29) is 5.91 Å². The second-order valence-electron chi connectivity index (χ2n) is 4.22. The summed E-state index contributed by atoms with van der Waals surface area (Å²) in [7, 11) is 0. The number of rotatable bonds is 1. The molecule has 0 aliphatic carbocycles. The number of benzene rings is 1. The second-order valence-corrected chi connectivity index (χ2v) is 4.22. The fourth-order valence-corrected chi connectivity index (χ4v) is 1.74. The molecule has 3 nitrogen and oxygen atoms in total. The van der Waals surface area contributed by atoms with Crippen LogP contribution in [0.25, 0.3) is 5.57 Å². The molecule has 1 N–H and O–H groups in total. The molecule has 1 aliphatic rings. The van der Waals surface area contributed by atoms with E-state index in [0.29, 0.717) is 22.6 Å². The lowest BCUT2D eigenvalue weighted by molar-refractivity contribution is -0.114. The molecule has 0 spiro atoms. The van der Waals surface area contributed by atoms with Crippen LogP contribution in [0.5, 0.6) is 0 Å². The van der Waals surface area contributed by atoms with Crippen molar-refractivity contribution in [3.05, 3.63) is 41.5 Å². The van der Waals surface area contributed by atoms with Gasteiger partial charge in [-0.25, -0.2) is 0 Å². The van der Waals surface area contributed by atoms with Crippen LogP contribution in [0.4, 0.5) is 0 Å². The maximum atomic E-state index is 11.6. The summed E-state index contributed by atoms with van der Waals surface area (Å²) in [6.07, 6.45) is 0. The van der Waals surface area contributed by atoms with Crippen LogP contribution < -0.4 is 5.32 Å². The van der Waals surface area contributed by atoms with E-state index in [0.717, 1.165) is 5.56 Å². The number of carbonyl (C=O) groups excluding carboxylic acids is 2. The second kappa shape index (κ2) is 3.59. The number of fused-ring (bicyclic) bond motifs is 1. The molecule has 0 saturated heterocycles. The summed E-state index contributed by atoms with van der Waals surface area (Å²) in [4.78, 5) is 23.0. The van der Waals surface area contributed by atoms with Gasteiger partial charge in [0.2, 0.25) is 0 Å². The lowest BCUT2D eigenvalue weighted by Crippen LogP contribution is -2.36. The van der Waals surface area contributed by atoms with Crippen LogP contribution in [0, 0.1) is 0 Å². The molecule has 0 bridgehead atoms. The molecule has 1 heterocycles. The van der Waals surface area contributed by atoms with E-state index < -0.39 is 5.91 Å². The van der Waals surface area contributed by atoms with E-state index in [4.69, 9.17) is 0 Å². The Hall–Kier alpha value is -1.90. The molecule has 2 rings (SSSR count). The van der Waals surface area contributed by atoms with Gasteiger partial charge in [-0.15, -0.1) is 0 Å². The SMILES string of the molecule is C=C1C(=O)NC(=O)c2cc(C(C)C)ccc21. The summed E-state index contributed by atoms with van der Waals surface area (Å²) in [6, 6.07) is 5.55. The van der Waals surface area contributed by atoms with Crippen LogP contribution in [-0.2, 0) is 4.79 Å². The molecule has 2 amide bonds. The minimum atomic E-state index is -0.408. The number of nitrogens with one attached hydrogen (secondary N) is 1. The molecule has 82 valence electrons. The van der Waals surface area contributed by atoms with Gasteiger partial charge in [-0.3, -0.25) is 14.9 Å². The van der Waals surface area contributed by atoms with Gasteiger partial charge >= 0.3 is 0 Å². The smallest absolute Gasteiger partial charge is 0.258 e. The van der Waals surface area contributed by atoms with E-state index in [1.54, 1.807) is 6.07 Å². The fourth-order valence-electron chi connectivity index (χ4n) is 1.74. The zero-order valence-corrected chi connectivity index (χ0v) is 9.33. The maximum absolute atomic E-state index is 11.6. The van der Waals surface area contributed by atoms with Crippen molar-refractivity contribution in [1.29, 1.82) is 0 Å². The standard InChI is InChI=1S/C13H13NO2/c1-7(2)9-4-5-10-8(3)12(15)14-13(16)11(10)6-9/h4-7H,3H2,1-2H3,(H,14,15,16). The van der Waals surface area contributed by atoms with Gasteiger partial charge in [0.15, 0.2) is 0 Å². The lowest BCUT2D eigenvalue weighted by atomic mass is 9.91. The first-order valence-electron chi connectivity index (χ1n) is 5.19. The molecule has 0 radical (unpaired) electrons. The molecule has 0 saturated carbocycles. The van der Waals surface area contributed by atoms with Crippen LogP contribution in [0.1, 0.15) is 41.3 Å². The normalized spacial score (nSPS) is 15.1. The van der Waals surface area contributed by atoms with Gasteiger partial charge in [-0.1, -0.05) is 32.6 Å². The summed E-state index contributed by atoms with van der Waals surface area (Å²) in [5.74, 6) is -0.395. The Kier molecular flexibility index (Phi) is 2.38. The Labute approximate surface area is 94.2 Å². The third kappa shape index (κ3) is 1.54. The fraction of sp³-hybridized carbons (Fsp3) is 0.231. The molecule has 16 heavy (non-hydrogen) atoms. The van der Waals surface area contributed by atoms with Crippen LogP contribution in [-0.4, -0.2) is 11.8 Å². The molecule has 1 aliphatic heterocycles. The molecule has 0 unspecified atom stereocenters. The molecule has 0 atom stereocenters. The Morgan fingerprint density at radius 1 is 1.12 bits per heavy atom. The highest BCUT2D eigenvalue weighted by Crippen LogP contribution is 2.26. The lowest BCUT2D eigenvalue weighted by Gasteiger charge is -2.18. The van der Waals surface area contributed by atoms with Gasteiger partial charge in [-0.2, -0.15) is 0 Å². The van der Waals surface area contributed by atoms with Crippen molar-refractivity contribution >= 4 is 17.4 Å². The van der Waals surface area contributed by atoms with Gasteiger partial charge in [0.05, 0.1) is 0 Å². The number of carbonyl (C=O) groups is 2. The van der Waals surface area contributed by atoms with Gasteiger partial charge in [0.1, 0.15) is 0 Å². The summed E-state index contributed by atoms with van der Waals surface area (Å²) in [5.41, 5.74) is 2.61. The third-order valence-corrected chi connectivity index (χ3v) is 2.78. The highest BCUT2D eigenvalue weighted by molar-refractivity contribution is 6.30. The highest BCUT2D eigenvalue weighted by atomic mass is 16.2. The molecular formula is C13H13NO2. The number of amides is 2. The zero-order valence-electron chi connectivity index (χ0n) is 9.33. The Bertz CT molecular complexity index is 501. The number of hydrogen-bond acceptors (Lipinski definition) is 2. The van der Waals surface area contributed by atoms with E-state index >= 15 is 0 Å². The van der Waals surface area contributed by atoms with E-state index in [9.17, 15) is 9.59 Å². The predicted octanol–water partition coefficient (Wildman–Crippen LogP) is 2.09. The maximum Gasteiger partial charge on any atom is 0.258 e. The molecule has 1 aromatic rings. The third-order valence-electron chi connectivity index (χ3n) is 2.78. The molecule has 1 aromatic carbocycles. The molecular weight excluding hydrogens is 202 g/mol. The summed E-state index contributed by atoms with van der Waals surface area (Å²) in [6.45, 7) is 7.80. The summed E-state index contributed by atoms with van der Waals surface area (Å²) >= 11 is 0. The van der Waals surface area contributed by atoms with Crippen LogP contribution in [0.2, 0.25) is 0 Å². The Morgan fingerprint density at radius 3 is 2.44 bits per heavy atom. The van der Waals surface area contributed by atoms with Crippen LogP contribution in [0.3, 0.4) is 0 Å². The van der Waals surface area contributed by atoms with Crippen LogP contribution >= 0.6 is 0 Å². The summed E-state index contributed by atoms with van der Waals surface area (Å²) in [5, 5.41) is 2.27. The first kappa shape index (κ1) is 10.6. The first-order valence-corrected chi connectivity index (χ1v) is 5.19. The van der Waals surface area contributed by atoms with E-state index in [1.165, 1.54) is 0 Å². The topological polar surface area (TPSA) is 46.2 Å².